The Hall–Kier alpha value is -1.58. The number of aliphatic hydroxyl groups is 1. The van der Waals surface area contributed by atoms with E-state index in [0.29, 0.717) is 12.1 Å². The van der Waals surface area contributed by atoms with Gasteiger partial charge in [-0.3, -0.25) is 4.98 Å². The highest BCUT2D eigenvalue weighted by Gasteiger charge is 2.13. The van der Waals surface area contributed by atoms with Crippen LogP contribution in [0.4, 0.5) is 5.69 Å². The van der Waals surface area contributed by atoms with Crippen LogP contribution in [-0.4, -0.2) is 17.1 Å². The zero-order chi connectivity index (χ0) is 15.4. The third kappa shape index (κ3) is 3.74. The smallest absolute Gasteiger partial charge is 0.0957 e. The van der Waals surface area contributed by atoms with E-state index in [4.69, 9.17) is 11.6 Å². The van der Waals surface area contributed by atoms with E-state index in [2.05, 4.69) is 16.8 Å². The highest BCUT2D eigenvalue weighted by molar-refractivity contribution is 6.30. The van der Waals surface area contributed by atoms with Gasteiger partial charge in [-0.05, 0) is 43.2 Å². The fourth-order valence-corrected chi connectivity index (χ4v) is 2.33. The summed E-state index contributed by atoms with van der Waals surface area (Å²) in [4.78, 5) is 6.50. The molecule has 112 valence electrons. The molecule has 0 amide bonds. The summed E-state index contributed by atoms with van der Waals surface area (Å²) >= 11 is 5.93. The second-order valence-electron chi connectivity index (χ2n) is 5.20. The third-order valence-corrected chi connectivity index (χ3v) is 4.09. The molecule has 0 saturated heterocycles. The van der Waals surface area contributed by atoms with Gasteiger partial charge in [0.25, 0.3) is 0 Å². The van der Waals surface area contributed by atoms with E-state index in [1.54, 1.807) is 6.20 Å². The summed E-state index contributed by atoms with van der Waals surface area (Å²) in [5.74, 6) is 0. The first-order chi connectivity index (χ1) is 10.0. The van der Waals surface area contributed by atoms with Crippen LogP contribution in [0.3, 0.4) is 0 Å². The van der Waals surface area contributed by atoms with Crippen molar-refractivity contribution in [2.75, 3.05) is 11.9 Å². The van der Waals surface area contributed by atoms with Crippen molar-refractivity contribution in [2.45, 2.75) is 32.4 Å². The van der Waals surface area contributed by atoms with Gasteiger partial charge < -0.3 is 10.0 Å². The summed E-state index contributed by atoms with van der Waals surface area (Å²) in [5.41, 5.74) is 2.93. The number of halogens is 1. The molecule has 0 saturated carbocycles. The highest BCUT2D eigenvalue weighted by Crippen LogP contribution is 2.26. The topological polar surface area (TPSA) is 36.4 Å². The molecular formula is C17H21ClN2O. The average Bonchev–Trinajstić information content (AvgIpc) is 2.53. The van der Waals surface area contributed by atoms with Gasteiger partial charge in [0.2, 0.25) is 0 Å². The summed E-state index contributed by atoms with van der Waals surface area (Å²) in [6.07, 6.45) is 1.99. The minimum absolute atomic E-state index is 0.214. The molecule has 21 heavy (non-hydrogen) atoms. The standard InChI is InChI=1S/C17H21ClN2O/c1-4-17(21)16-10-9-15(11-19-16)20(3)12(2)13-5-7-14(18)8-6-13/h5-12,17,21H,4H2,1-3H3/t12?,17-/m0/s1. The summed E-state index contributed by atoms with van der Waals surface area (Å²) in [6, 6.07) is 12.0. The second-order valence-corrected chi connectivity index (χ2v) is 5.64. The van der Waals surface area contributed by atoms with Gasteiger partial charge in [0, 0.05) is 12.1 Å². The molecule has 0 spiro atoms. The normalized spacial score (nSPS) is 13.8. The molecule has 3 nitrogen and oxygen atoms in total. The lowest BCUT2D eigenvalue weighted by Crippen LogP contribution is -2.21. The molecule has 0 fully saturated rings. The van der Waals surface area contributed by atoms with Crippen LogP contribution in [0.1, 0.15) is 43.7 Å². The van der Waals surface area contributed by atoms with E-state index in [1.165, 1.54) is 5.56 Å². The molecule has 0 radical (unpaired) electrons. The van der Waals surface area contributed by atoms with Crippen LogP contribution in [0, 0.1) is 0 Å². The quantitative estimate of drug-likeness (QED) is 0.890. The van der Waals surface area contributed by atoms with Crippen molar-refractivity contribution in [3.8, 4) is 0 Å². The van der Waals surface area contributed by atoms with Crippen LogP contribution in [0.5, 0.6) is 0 Å². The lowest BCUT2D eigenvalue weighted by Gasteiger charge is -2.27. The van der Waals surface area contributed by atoms with Crippen molar-refractivity contribution in [1.29, 1.82) is 0 Å². The van der Waals surface area contributed by atoms with Crippen molar-refractivity contribution in [3.63, 3.8) is 0 Å². The lowest BCUT2D eigenvalue weighted by molar-refractivity contribution is 0.169. The second kappa shape index (κ2) is 6.92. The fourth-order valence-electron chi connectivity index (χ4n) is 2.20. The van der Waals surface area contributed by atoms with Crippen LogP contribution >= 0.6 is 11.6 Å². The maximum absolute atomic E-state index is 9.78. The minimum Gasteiger partial charge on any atom is -0.387 e. The molecule has 0 aliphatic carbocycles. The van der Waals surface area contributed by atoms with E-state index in [-0.39, 0.29) is 6.04 Å². The van der Waals surface area contributed by atoms with Crippen LogP contribution < -0.4 is 4.90 Å². The van der Waals surface area contributed by atoms with Crippen molar-refractivity contribution in [3.05, 3.63) is 58.9 Å². The van der Waals surface area contributed by atoms with Crippen LogP contribution in [0.15, 0.2) is 42.6 Å². The van der Waals surface area contributed by atoms with E-state index >= 15 is 0 Å². The Labute approximate surface area is 131 Å². The molecule has 4 heteroatoms. The van der Waals surface area contributed by atoms with Crippen LogP contribution in [0.2, 0.25) is 5.02 Å². The zero-order valence-corrected chi connectivity index (χ0v) is 13.4. The molecule has 0 aliphatic rings. The first-order valence-corrected chi connectivity index (χ1v) is 7.53. The molecular weight excluding hydrogens is 284 g/mol. The van der Waals surface area contributed by atoms with Crippen molar-refractivity contribution < 1.29 is 5.11 Å². The minimum atomic E-state index is -0.488. The SMILES string of the molecule is CC[C@H](O)c1ccc(N(C)C(C)c2ccc(Cl)cc2)cn1. The Bertz CT molecular complexity index is 568. The zero-order valence-electron chi connectivity index (χ0n) is 12.6. The Morgan fingerprint density at radius 2 is 1.86 bits per heavy atom. The predicted octanol–water partition coefficient (Wildman–Crippen LogP) is 4.38. The Morgan fingerprint density at radius 3 is 2.38 bits per heavy atom. The first kappa shape index (κ1) is 15.8. The van der Waals surface area contributed by atoms with Crippen molar-refractivity contribution >= 4 is 17.3 Å². The highest BCUT2D eigenvalue weighted by atomic mass is 35.5. The molecule has 0 bridgehead atoms. The van der Waals surface area contributed by atoms with E-state index in [0.717, 1.165) is 10.7 Å². The number of hydrogen-bond donors (Lipinski definition) is 1. The van der Waals surface area contributed by atoms with E-state index < -0.39 is 6.10 Å². The van der Waals surface area contributed by atoms with E-state index in [1.807, 2.05) is 50.4 Å². The number of aliphatic hydroxyl groups excluding tert-OH is 1. The van der Waals surface area contributed by atoms with Gasteiger partial charge in [-0.25, -0.2) is 0 Å². The Kier molecular flexibility index (Phi) is 5.21. The molecule has 2 rings (SSSR count). The monoisotopic (exact) mass is 304 g/mol. The van der Waals surface area contributed by atoms with Crippen LogP contribution in [-0.2, 0) is 0 Å². The molecule has 1 aromatic carbocycles. The molecule has 2 atom stereocenters. The van der Waals surface area contributed by atoms with Gasteiger partial charge in [-0.1, -0.05) is 30.7 Å². The number of anilines is 1. The summed E-state index contributed by atoms with van der Waals surface area (Å²) in [7, 11) is 2.03. The molecule has 0 aliphatic heterocycles. The van der Waals surface area contributed by atoms with Gasteiger partial charge in [0.1, 0.15) is 0 Å². The number of nitrogens with zero attached hydrogens (tertiary/aromatic N) is 2. The summed E-state index contributed by atoms with van der Waals surface area (Å²) < 4.78 is 0. The maximum atomic E-state index is 9.78. The number of benzene rings is 1. The third-order valence-electron chi connectivity index (χ3n) is 3.84. The van der Waals surface area contributed by atoms with Gasteiger partial charge in [-0.2, -0.15) is 0 Å². The first-order valence-electron chi connectivity index (χ1n) is 7.15. The molecule has 1 aromatic heterocycles. The Balaban J connectivity index is 2.15. The fraction of sp³-hybridized carbons (Fsp3) is 0.353. The molecule has 1 unspecified atom stereocenters. The lowest BCUT2D eigenvalue weighted by atomic mass is 10.1. The number of pyridine rings is 1. The van der Waals surface area contributed by atoms with Gasteiger partial charge in [-0.15, -0.1) is 0 Å². The number of rotatable bonds is 5. The van der Waals surface area contributed by atoms with Gasteiger partial charge >= 0.3 is 0 Å². The number of hydrogen-bond acceptors (Lipinski definition) is 3. The predicted molar refractivity (Wildman–Crippen MR) is 87.8 cm³/mol. The number of aromatic nitrogens is 1. The van der Waals surface area contributed by atoms with Crippen LogP contribution in [0.25, 0.3) is 0 Å². The van der Waals surface area contributed by atoms with Gasteiger partial charge in [0.05, 0.1) is 29.7 Å². The summed E-state index contributed by atoms with van der Waals surface area (Å²) in [6.45, 7) is 4.08. The summed E-state index contributed by atoms with van der Waals surface area (Å²) in [5, 5.41) is 10.5. The van der Waals surface area contributed by atoms with Crippen molar-refractivity contribution in [1.82, 2.24) is 4.98 Å². The molecule has 1 N–H and O–H groups in total. The maximum Gasteiger partial charge on any atom is 0.0957 e. The van der Waals surface area contributed by atoms with Crippen molar-refractivity contribution in [2.24, 2.45) is 0 Å². The van der Waals surface area contributed by atoms with E-state index in [9.17, 15) is 5.11 Å². The molecule has 1 heterocycles. The van der Waals surface area contributed by atoms with Gasteiger partial charge in [0.15, 0.2) is 0 Å². The average molecular weight is 305 g/mol. The Morgan fingerprint density at radius 1 is 1.19 bits per heavy atom. The largest absolute Gasteiger partial charge is 0.387 e. The molecule has 2 aromatic rings.